The number of hydrogen-bond acceptors (Lipinski definition) is 1. The Hall–Kier alpha value is -15.0. The fourth-order valence-corrected chi connectivity index (χ4v) is 22.3. The van der Waals surface area contributed by atoms with Gasteiger partial charge in [0.25, 0.3) is 0 Å². The normalized spacial score (nSPS) is 14.7. The van der Waals surface area contributed by atoms with Gasteiger partial charge in [-0.2, -0.15) is 0 Å². The van der Waals surface area contributed by atoms with Crippen molar-refractivity contribution < 1.29 is 0 Å². The highest BCUT2D eigenvalue weighted by Gasteiger charge is 2.56. The van der Waals surface area contributed by atoms with Gasteiger partial charge in [0.1, 0.15) is 0 Å². The molecule has 1 unspecified atom stereocenters. The first-order valence-electron chi connectivity index (χ1n) is 41.6. The molecule has 18 aromatic carbocycles. The summed E-state index contributed by atoms with van der Waals surface area (Å²) in [6, 6.07) is 157. The van der Waals surface area contributed by atoms with Gasteiger partial charge in [-0.05, 0) is 267 Å². The lowest BCUT2D eigenvalue weighted by Crippen LogP contribution is -2.28. The number of rotatable bonds is 13. The van der Waals surface area contributed by atoms with Crippen LogP contribution in [0.25, 0.3) is 135 Å². The molecule has 0 bridgehead atoms. The van der Waals surface area contributed by atoms with Crippen molar-refractivity contribution in [1.82, 2.24) is 0 Å². The van der Waals surface area contributed by atoms with E-state index >= 15 is 0 Å². The molecule has 24 rings (SSSR count). The third-order valence-electron chi connectivity index (χ3n) is 27.1. The molecule has 0 radical (unpaired) electrons. The van der Waals surface area contributed by atoms with Crippen LogP contribution in [0.5, 0.6) is 0 Å². The van der Waals surface area contributed by atoms with Crippen LogP contribution in [-0.4, -0.2) is 0 Å². The van der Waals surface area contributed by atoms with Crippen molar-refractivity contribution in [3.8, 4) is 111 Å². The van der Waals surface area contributed by atoms with Crippen LogP contribution in [0.2, 0.25) is 0 Å². The Balaban J connectivity index is 0.706. The number of hydrogen-bond donors (Lipinski definition) is 0. The molecule has 0 aliphatic heterocycles. The summed E-state index contributed by atoms with van der Waals surface area (Å²) in [7, 11) is 0. The molecule has 0 aromatic heterocycles. The smallest absolute Gasteiger partial charge is 0.0746 e. The van der Waals surface area contributed by atoms with E-state index in [1.807, 2.05) is 12.2 Å². The summed E-state index contributed by atoms with van der Waals surface area (Å²) in [6.45, 7) is 8.18. The minimum absolute atomic E-state index is 0.579. The molecule has 3 spiro atoms. The third-order valence-corrected chi connectivity index (χ3v) is 27.1. The maximum absolute atomic E-state index is 4.10. The molecule has 0 heterocycles. The molecule has 1 atom stereocenters. The van der Waals surface area contributed by atoms with Crippen LogP contribution in [-0.2, 0) is 22.7 Å². The predicted octanol–water partition coefficient (Wildman–Crippen LogP) is 29.9. The lowest BCUT2D eigenvalue weighted by Gasteiger charge is -2.36. The van der Waals surface area contributed by atoms with Crippen LogP contribution in [0.4, 0.5) is 17.1 Å². The SMILES string of the molecule is C=Cc1cccc(-c2cccc(-c3ccc(C=C(Cc4ccc5c(c4)C4(c6ccccc6-5)c5ccccc5-c5ccc(N(c6ccc(-c7cccc(-c8cccc(C=C)c8)c7)cc6)c6cccc7c6C6(c8ccccc8-c8ccccc86)c6ccccc6-7)cc54)c4cccc5c4C4(c6ccccc6-c6ccccc64)c4ccccc4-5)cc3)c2)c1. The van der Waals surface area contributed by atoms with Gasteiger partial charge in [0.05, 0.1) is 21.9 Å². The predicted molar refractivity (Wildman–Crippen MR) is 496 cm³/mol. The number of fused-ring (bicyclic) bond motifs is 30. The monoisotopic (exact) mass is 1510 g/mol. The minimum atomic E-state index is -0.725. The maximum atomic E-state index is 4.10. The van der Waals surface area contributed by atoms with Crippen LogP contribution in [0, 0.1) is 0 Å². The molecule has 18 aromatic rings. The Morgan fingerprint density at radius 2 is 0.555 bits per heavy atom. The fraction of sp³-hybridized carbons (Fsp3) is 0.0339. The Bertz CT molecular complexity index is 7240. The van der Waals surface area contributed by atoms with Gasteiger partial charge in [-0.25, -0.2) is 0 Å². The van der Waals surface area contributed by atoms with Crippen molar-refractivity contribution in [2.24, 2.45) is 0 Å². The van der Waals surface area contributed by atoms with Crippen LogP contribution in [0.1, 0.15) is 94.6 Å². The van der Waals surface area contributed by atoms with E-state index in [0.29, 0.717) is 6.42 Å². The van der Waals surface area contributed by atoms with Crippen molar-refractivity contribution in [3.63, 3.8) is 0 Å². The Morgan fingerprint density at radius 3 is 1.01 bits per heavy atom. The first kappa shape index (κ1) is 68.4. The van der Waals surface area contributed by atoms with Crippen LogP contribution in [0.3, 0.4) is 0 Å². The summed E-state index contributed by atoms with van der Waals surface area (Å²) in [5.74, 6) is 0. The number of allylic oxidation sites excluding steroid dienone is 1. The lowest BCUT2D eigenvalue weighted by atomic mass is 9.68. The number of nitrogens with zero attached hydrogens (tertiary/aromatic N) is 1. The fourth-order valence-electron chi connectivity index (χ4n) is 22.3. The van der Waals surface area contributed by atoms with Gasteiger partial charge < -0.3 is 4.90 Å². The van der Waals surface area contributed by atoms with Gasteiger partial charge in [0.2, 0.25) is 0 Å². The molecule has 6 aliphatic rings. The van der Waals surface area contributed by atoms with E-state index < -0.39 is 16.2 Å². The van der Waals surface area contributed by atoms with Crippen LogP contribution >= 0.6 is 0 Å². The van der Waals surface area contributed by atoms with E-state index in [-0.39, 0.29) is 0 Å². The first-order valence-corrected chi connectivity index (χ1v) is 41.6. The topological polar surface area (TPSA) is 3.24 Å². The van der Waals surface area contributed by atoms with Crippen LogP contribution in [0.15, 0.2) is 426 Å². The van der Waals surface area contributed by atoms with Crippen molar-refractivity contribution in [2.75, 3.05) is 4.90 Å². The zero-order valence-corrected chi connectivity index (χ0v) is 65.6. The second kappa shape index (κ2) is 26.5. The molecular weight excluding hydrogens is 1430 g/mol. The highest BCUT2D eigenvalue weighted by Crippen LogP contribution is 2.69. The largest absolute Gasteiger partial charge is 0.310 e. The average Bonchev–Trinajstić information content (AvgIpc) is 1.52. The highest BCUT2D eigenvalue weighted by atomic mass is 15.1. The van der Waals surface area contributed by atoms with E-state index in [9.17, 15) is 0 Å². The summed E-state index contributed by atoms with van der Waals surface area (Å²) in [4.78, 5) is 2.61. The Morgan fingerprint density at radius 1 is 0.227 bits per heavy atom. The summed E-state index contributed by atoms with van der Waals surface area (Å²) >= 11 is 0. The summed E-state index contributed by atoms with van der Waals surface area (Å²) in [5.41, 5.74) is 48.7. The maximum Gasteiger partial charge on any atom is 0.0746 e. The van der Waals surface area contributed by atoms with E-state index in [1.54, 1.807) is 0 Å². The van der Waals surface area contributed by atoms with Gasteiger partial charge in [-0.3, -0.25) is 0 Å². The molecule has 0 saturated heterocycles. The first-order chi connectivity index (χ1) is 58.9. The van der Waals surface area contributed by atoms with Crippen molar-refractivity contribution in [2.45, 2.75) is 22.7 Å². The van der Waals surface area contributed by atoms with E-state index in [4.69, 9.17) is 0 Å². The molecular formula is C118H77N. The molecule has 1 nitrogen and oxygen atoms in total. The molecule has 0 N–H and O–H groups in total. The van der Waals surface area contributed by atoms with Crippen molar-refractivity contribution >= 4 is 40.9 Å². The van der Waals surface area contributed by atoms with E-state index in [1.165, 1.54) is 178 Å². The number of anilines is 3. The van der Waals surface area contributed by atoms with Gasteiger partial charge >= 0.3 is 0 Å². The summed E-state index contributed by atoms with van der Waals surface area (Å²) in [5, 5.41) is 0. The zero-order chi connectivity index (χ0) is 78.7. The van der Waals surface area contributed by atoms with Gasteiger partial charge in [0.15, 0.2) is 0 Å². The van der Waals surface area contributed by atoms with E-state index in [0.717, 1.165) is 50.4 Å². The Kier molecular flexibility index (Phi) is 15.2. The van der Waals surface area contributed by atoms with Crippen molar-refractivity contribution in [3.05, 3.63) is 520 Å². The van der Waals surface area contributed by atoms with E-state index in [2.05, 4.69) is 437 Å². The summed E-state index contributed by atoms with van der Waals surface area (Å²) < 4.78 is 0. The third kappa shape index (κ3) is 9.82. The molecule has 0 fully saturated rings. The van der Waals surface area contributed by atoms with Gasteiger partial charge in [0, 0.05) is 16.9 Å². The standard InChI is InChI=1S/C118H77N/c1-3-75-27-21-29-81(67-75)85-33-23-31-83(72-85)79-58-55-77(56-59-79)69-87(90-43-25-44-101-97-41-11-19-52-109(97)117(114(90)101)105-48-15-7-35-91(105)92-36-8-16-49-106(92)117)70-78-57-65-99-95-39-5-13-46-103(95)116(111(99)71-78)104-47-14-6-40-96(104)100-66-64-89(74-112(100)116)119(88-62-60-80(61-63-88)84-32-24-34-86(73-84)82-30-22-28-76(4-2)68-82)113-54-26-45-102-98-42-12-20-53-110(98)118(115(102)113)107-50-17-9-37-93(107)94-38-10-18-51-108(94)118/h3-69,71-74H,1-2,70H2. The zero-order valence-electron chi connectivity index (χ0n) is 65.6. The minimum Gasteiger partial charge on any atom is -0.310 e. The Labute approximate surface area is 695 Å². The molecule has 554 valence electrons. The lowest BCUT2D eigenvalue weighted by molar-refractivity contribution is 0.788. The molecule has 0 amide bonds. The van der Waals surface area contributed by atoms with Gasteiger partial charge in [-0.1, -0.05) is 389 Å². The second-order valence-electron chi connectivity index (χ2n) is 32.8. The van der Waals surface area contributed by atoms with Crippen molar-refractivity contribution in [1.29, 1.82) is 0 Å². The highest BCUT2D eigenvalue weighted by molar-refractivity contribution is 6.04. The average molecular weight is 1510 g/mol. The second-order valence-corrected chi connectivity index (χ2v) is 32.8. The molecule has 1 heteroatoms. The quantitative estimate of drug-likeness (QED) is 0.104. The molecule has 0 saturated carbocycles. The molecule has 119 heavy (non-hydrogen) atoms. The summed E-state index contributed by atoms with van der Waals surface area (Å²) in [6.07, 6.45) is 7.01. The van der Waals surface area contributed by atoms with Gasteiger partial charge in [-0.15, -0.1) is 0 Å². The number of benzene rings is 18. The van der Waals surface area contributed by atoms with Crippen LogP contribution < -0.4 is 4.90 Å². The molecule has 6 aliphatic carbocycles.